The minimum Gasteiger partial charge on any atom is -0.351 e. The SMILES string of the molecule is CS(=O)(=O)Nc1nc(CC(=O)N2CCN(CC(=O)NCc3ccccc3)CC2)cs1. The number of piperazine rings is 1. The van der Waals surface area contributed by atoms with E-state index in [1.807, 2.05) is 35.2 Å². The van der Waals surface area contributed by atoms with E-state index in [2.05, 4.69) is 15.0 Å². The van der Waals surface area contributed by atoms with Crippen molar-refractivity contribution in [1.82, 2.24) is 20.1 Å². The van der Waals surface area contributed by atoms with Crippen LogP contribution < -0.4 is 10.0 Å². The van der Waals surface area contributed by atoms with Gasteiger partial charge in [-0.2, -0.15) is 0 Å². The minimum absolute atomic E-state index is 0.0352. The molecule has 2 heterocycles. The zero-order valence-electron chi connectivity index (χ0n) is 16.7. The molecule has 0 atom stereocenters. The van der Waals surface area contributed by atoms with E-state index >= 15 is 0 Å². The van der Waals surface area contributed by atoms with Crippen LogP contribution in [0.15, 0.2) is 35.7 Å². The lowest BCUT2D eigenvalue weighted by molar-refractivity contribution is -0.132. The summed E-state index contributed by atoms with van der Waals surface area (Å²) in [7, 11) is -3.38. The second kappa shape index (κ2) is 10.0. The van der Waals surface area contributed by atoms with Gasteiger partial charge in [-0.1, -0.05) is 30.3 Å². The molecule has 0 aliphatic carbocycles. The van der Waals surface area contributed by atoms with Gasteiger partial charge in [-0.25, -0.2) is 13.4 Å². The van der Waals surface area contributed by atoms with Gasteiger partial charge in [-0.05, 0) is 5.56 Å². The van der Waals surface area contributed by atoms with Crippen LogP contribution in [-0.2, 0) is 32.6 Å². The Bertz CT molecular complexity index is 970. The minimum atomic E-state index is -3.38. The second-order valence-electron chi connectivity index (χ2n) is 7.11. The normalized spacial score (nSPS) is 15.0. The third kappa shape index (κ3) is 7.08. The number of anilines is 1. The summed E-state index contributed by atoms with van der Waals surface area (Å²) >= 11 is 1.15. The number of hydrogen-bond acceptors (Lipinski definition) is 7. The smallest absolute Gasteiger partial charge is 0.234 e. The van der Waals surface area contributed by atoms with Crippen molar-refractivity contribution in [2.75, 3.05) is 43.7 Å². The van der Waals surface area contributed by atoms with Crippen LogP contribution in [0, 0.1) is 0 Å². The molecule has 1 aromatic heterocycles. The molecular formula is C19H25N5O4S2. The first-order chi connectivity index (χ1) is 14.3. The number of aromatic nitrogens is 1. The van der Waals surface area contributed by atoms with Crippen LogP contribution in [0.2, 0.25) is 0 Å². The van der Waals surface area contributed by atoms with Crippen molar-refractivity contribution in [3.8, 4) is 0 Å². The number of nitrogens with zero attached hydrogens (tertiary/aromatic N) is 3. The van der Waals surface area contributed by atoms with Crippen LogP contribution in [0.5, 0.6) is 0 Å². The molecule has 30 heavy (non-hydrogen) atoms. The highest BCUT2D eigenvalue weighted by Gasteiger charge is 2.23. The maximum atomic E-state index is 12.5. The van der Waals surface area contributed by atoms with Crippen molar-refractivity contribution in [1.29, 1.82) is 0 Å². The molecule has 1 fully saturated rings. The third-order valence-electron chi connectivity index (χ3n) is 4.58. The van der Waals surface area contributed by atoms with Gasteiger partial charge < -0.3 is 10.2 Å². The van der Waals surface area contributed by atoms with Crippen molar-refractivity contribution < 1.29 is 18.0 Å². The molecule has 1 aliphatic rings. The Morgan fingerprint density at radius 1 is 1.13 bits per heavy atom. The van der Waals surface area contributed by atoms with Crippen LogP contribution in [0.3, 0.4) is 0 Å². The average Bonchev–Trinajstić information content (AvgIpc) is 3.12. The predicted molar refractivity (Wildman–Crippen MR) is 116 cm³/mol. The van der Waals surface area contributed by atoms with Gasteiger partial charge in [0.1, 0.15) is 0 Å². The van der Waals surface area contributed by atoms with Gasteiger partial charge in [0.05, 0.1) is 24.9 Å². The fourth-order valence-electron chi connectivity index (χ4n) is 3.07. The summed E-state index contributed by atoms with van der Waals surface area (Å²) in [5, 5.41) is 4.85. The molecule has 1 aromatic carbocycles. The predicted octanol–water partition coefficient (Wildman–Crippen LogP) is 0.518. The van der Waals surface area contributed by atoms with E-state index in [1.165, 1.54) is 0 Å². The molecule has 2 amide bonds. The lowest BCUT2D eigenvalue weighted by Crippen LogP contribution is -2.51. The van der Waals surface area contributed by atoms with Crippen molar-refractivity contribution in [2.24, 2.45) is 0 Å². The molecule has 1 saturated heterocycles. The van der Waals surface area contributed by atoms with E-state index < -0.39 is 10.0 Å². The highest BCUT2D eigenvalue weighted by Crippen LogP contribution is 2.17. The van der Waals surface area contributed by atoms with Gasteiger partial charge in [-0.3, -0.25) is 19.2 Å². The molecule has 2 aromatic rings. The summed E-state index contributed by atoms with van der Waals surface area (Å²) in [5.41, 5.74) is 1.59. The summed E-state index contributed by atoms with van der Waals surface area (Å²) in [6.07, 6.45) is 1.18. The van der Waals surface area contributed by atoms with Gasteiger partial charge in [0.2, 0.25) is 21.8 Å². The number of amides is 2. The summed E-state index contributed by atoms with van der Waals surface area (Å²) in [6, 6.07) is 9.74. The van der Waals surface area contributed by atoms with Crippen molar-refractivity contribution >= 4 is 38.3 Å². The average molecular weight is 452 g/mol. The number of carbonyl (C=O) groups is 2. The Morgan fingerprint density at radius 3 is 2.50 bits per heavy atom. The van der Waals surface area contributed by atoms with Crippen molar-refractivity contribution in [2.45, 2.75) is 13.0 Å². The van der Waals surface area contributed by atoms with E-state index in [9.17, 15) is 18.0 Å². The van der Waals surface area contributed by atoms with Gasteiger partial charge in [0, 0.05) is 38.1 Å². The topological polar surface area (TPSA) is 112 Å². The van der Waals surface area contributed by atoms with E-state index in [4.69, 9.17) is 0 Å². The van der Waals surface area contributed by atoms with Gasteiger partial charge >= 0.3 is 0 Å². The molecule has 11 heteroatoms. The lowest BCUT2D eigenvalue weighted by Gasteiger charge is -2.34. The summed E-state index contributed by atoms with van der Waals surface area (Å²) in [4.78, 5) is 32.6. The Labute approximate surface area is 180 Å². The monoisotopic (exact) mass is 451 g/mol. The fraction of sp³-hybridized carbons (Fsp3) is 0.421. The van der Waals surface area contributed by atoms with Crippen molar-refractivity contribution in [3.63, 3.8) is 0 Å². The fourth-order valence-corrected chi connectivity index (χ4v) is 4.63. The molecule has 9 nitrogen and oxygen atoms in total. The van der Waals surface area contributed by atoms with E-state index in [-0.39, 0.29) is 23.4 Å². The molecule has 2 N–H and O–H groups in total. The van der Waals surface area contributed by atoms with Crippen LogP contribution in [0.4, 0.5) is 5.13 Å². The number of rotatable bonds is 8. The van der Waals surface area contributed by atoms with E-state index in [0.29, 0.717) is 45.0 Å². The zero-order valence-corrected chi connectivity index (χ0v) is 18.3. The lowest BCUT2D eigenvalue weighted by atomic mass is 10.2. The Balaban J connectivity index is 1.39. The van der Waals surface area contributed by atoms with Crippen LogP contribution in [-0.4, -0.2) is 74.0 Å². The maximum Gasteiger partial charge on any atom is 0.234 e. The van der Waals surface area contributed by atoms with Crippen molar-refractivity contribution in [3.05, 3.63) is 47.0 Å². The quantitative estimate of drug-likeness (QED) is 0.605. The number of hydrogen-bond donors (Lipinski definition) is 2. The maximum absolute atomic E-state index is 12.5. The van der Waals surface area contributed by atoms with E-state index in [1.54, 1.807) is 10.3 Å². The zero-order chi connectivity index (χ0) is 21.6. The Kier molecular flexibility index (Phi) is 7.40. The second-order valence-corrected chi connectivity index (χ2v) is 9.72. The summed E-state index contributed by atoms with van der Waals surface area (Å²) in [6.45, 7) is 3.15. The number of sulfonamides is 1. The van der Waals surface area contributed by atoms with E-state index in [0.717, 1.165) is 23.2 Å². The Hall–Kier alpha value is -2.50. The molecule has 3 rings (SSSR count). The van der Waals surface area contributed by atoms with Gasteiger partial charge in [0.15, 0.2) is 5.13 Å². The molecule has 0 spiro atoms. The van der Waals surface area contributed by atoms with Gasteiger partial charge in [0.25, 0.3) is 0 Å². The van der Waals surface area contributed by atoms with Crippen LogP contribution in [0.1, 0.15) is 11.3 Å². The Morgan fingerprint density at radius 2 is 1.83 bits per heavy atom. The summed E-state index contributed by atoms with van der Waals surface area (Å²) < 4.78 is 24.8. The first kappa shape index (κ1) is 22.2. The number of carbonyl (C=O) groups excluding carboxylic acids is 2. The molecular weight excluding hydrogens is 426 g/mol. The molecule has 162 valence electrons. The largest absolute Gasteiger partial charge is 0.351 e. The summed E-state index contributed by atoms with van der Waals surface area (Å²) in [5.74, 6) is -0.0913. The standard InChI is InChI=1S/C19H25N5O4S2/c1-30(27,28)22-19-21-16(14-29-19)11-18(26)24-9-7-23(8-10-24)13-17(25)20-12-15-5-3-2-4-6-15/h2-6,14H,7-13H2,1H3,(H,20,25)(H,21,22). The first-order valence-electron chi connectivity index (χ1n) is 9.51. The van der Waals surface area contributed by atoms with Gasteiger partial charge in [-0.15, -0.1) is 11.3 Å². The third-order valence-corrected chi connectivity index (χ3v) is 6.08. The highest BCUT2D eigenvalue weighted by molar-refractivity contribution is 7.92. The molecule has 1 aliphatic heterocycles. The molecule has 0 unspecified atom stereocenters. The molecule has 0 bridgehead atoms. The molecule has 0 radical (unpaired) electrons. The number of benzene rings is 1. The molecule has 0 saturated carbocycles. The first-order valence-corrected chi connectivity index (χ1v) is 12.3. The van der Waals surface area contributed by atoms with Crippen LogP contribution in [0.25, 0.3) is 0 Å². The van der Waals surface area contributed by atoms with Crippen LogP contribution >= 0.6 is 11.3 Å². The highest BCUT2D eigenvalue weighted by atomic mass is 32.2. The number of nitrogens with one attached hydrogen (secondary N) is 2. The number of thiazole rings is 1.